The maximum Gasteiger partial charge on any atom is 0.275 e. The second-order valence-electron chi connectivity index (χ2n) is 5.89. The zero-order valence-electron chi connectivity index (χ0n) is 14.8. The highest BCUT2D eigenvalue weighted by Crippen LogP contribution is 2.20. The van der Waals surface area contributed by atoms with Crippen LogP contribution >= 0.6 is 0 Å². The van der Waals surface area contributed by atoms with E-state index in [1.54, 1.807) is 24.5 Å². The lowest BCUT2D eigenvalue weighted by Gasteiger charge is -2.13. The molecule has 0 unspecified atom stereocenters. The minimum absolute atomic E-state index is 0.272. The molecular formula is C18H19N7O. The molecule has 0 bridgehead atoms. The van der Waals surface area contributed by atoms with Gasteiger partial charge in [0.1, 0.15) is 5.69 Å². The Kier molecular flexibility index (Phi) is 5.02. The Morgan fingerprint density at radius 1 is 1.00 bits per heavy atom. The summed E-state index contributed by atoms with van der Waals surface area (Å²) in [7, 11) is 3.88. The number of nitrogens with one attached hydrogen (secondary N) is 2. The molecule has 0 aliphatic heterocycles. The normalized spacial score (nSPS) is 10.3. The first-order valence-corrected chi connectivity index (χ1v) is 7.98. The van der Waals surface area contributed by atoms with Gasteiger partial charge in [-0.05, 0) is 31.2 Å². The van der Waals surface area contributed by atoms with Crippen molar-refractivity contribution < 1.29 is 4.79 Å². The largest absolute Gasteiger partial charge is 0.376 e. The molecule has 1 amide bonds. The van der Waals surface area contributed by atoms with Crippen LogP contribution in [0.3, 0.4) is 0 Å². The maximum absolute atomic E-state index is 12.2. The zero-order chi connectivity index (χ0) is 18.5. The average molecular weight is 349 g/mol. The topological polar surface area (TPSA) is 95.9 Å². The third kappa shape index (κ3) is 4.29. The van der Waals surface area contributed by atoms with Crippen molar-refractivity contribution in [3.8, 4) is 0 Å². The Labute approximate surface area is 151 Å². The fourth-order valence-electron chi connectivity index (χ4n) is 2.15. The SMILES string of the molecule is Cc1cnc(C(=O)Nc2ccc(Nc3cc(N(C)C)cnn3)cc2)cn1. The molecule has 8 heteroatoms. The van der Waals surface area contributed by atoms with E-state index in [-0.39, 0.29) is 11.6 Å². The summed E-state index contributed by atoms with van der Waals surface area (Å²) in [6.45, 7) is 1.82. The molecule has 0 fully saturated rings. The molecule has 3 aromatic rings. The Bertz CT molecular complexity index is 892. The molecule has 2 N–H and O–H groups in total. The van der Waals surface area contributed by atoms with Crippen molar-refractivity contribution in [1.29, 1.82) is 0 Å². The minimum atomic E-state index is -0.303. The number of nitrogens with zero attached hydrogens (tertiary/aromatic N) is 5. The number of carbonyl (C=O) groups excluding carboxylic acids is 1. The van der Waals surface area contributed by atoms with E-state index in [0.29, 0.717) is 11.5 Å². The Balaban J connectivity index is 1.66. The first-order chi connectivity index (χ1) is 12.5. The molecule has 132 valence electrons. The number of benzene rings is 1. The van der Waals surface area contributed by atoms with E-state index < -0.39 is 0 Å². The van der Waals surface area contributed by atoms with Crippen LogP contribution in [-0.2, 0) is 0 Å². The van der Waals surface area contributed by atoms with Gasteiger partial charge in [-0.15, -0.1) is 5.10 Å². The van der Waals surface area contributed by atoms with E-state index in [1.807, 2.05) is 44.1 Å². The predicted octanol–water partition coefficient (Wildman–Crippen LogP) is 2.64. The van der Waals surface area contributed by atoms with Crippen LogP contribution in [0.1, 0.15) is 16.2 Å². The highest BCUT2D eigenvalue weighted by Gasteiger charge is 2.08. The summed E-state index contributed by atoms with van der Waals surface area (Å²) in [4.78, 5) is 22.2. The van der Waals surface area contributed by atoms with Gasteiger partial charge in [0.15, 0.2) is 5.82 Å². The number of rotatable bonds is 5. The van der Waals surface area contributed by atoms with Crippen molar-refractivity contribution in [3.05, 3.63) is 60.3 Å². The molecular weight excluding hydrogens is 330 g/mol. The molecule has 0 aliphatic rings. The molecule has 0 saturated carbocycles. The van der Waals surface area contributed by atoms with Gasteiger partial charge in [-0.2, -0.15) is 5.10 Å². The quantitative estimate of drug-likeness (QED) is 0.731. The fourth-order valence-corrected chi connectivity index (χ4v) is 2.15. The molecule has 0 atom stereocenters. The van der Waals surface area contributed by atoms with Crippen LogP contribution in [0.25, 0.3) is 0 Å². The molecule has 26 heavy (non-hydrogen) atoms. The van der Waals surface area contributed by atoms with Crippen LogP contribution in [0.5, 0.6) is 0 Å². The van der Waals surface area contributed by atoms with Gasteiger partial charge in [0, 0.05) is 37.7 Å². The van der Waals surface area contributed by atoms with Gasteiger partial charge >= 0.3 is 0 Å². The molecule has 0 radical (unpaired) electrons. The lowest BCUT2D eigenvalue weighted by atomic mass is 10.2. The Hall–Kier alpha value is -3.55. The second kappa shape index (κ2) is 7.56. The minimum Gasteiger partial charge on any atom is -0.376 e. The van der Waals surface area contributed by atoms with Crippen molar-refractivity contribution in [1.82, 2.24) is 20.2 Å². The van der Waals surface area contributed by atoms with Crippen LogP contribution in [-0.4, -0.2) is 40.2 Å². The third-order valence-corrected chi connectivity index (χ3v) is 3.59. The smallest absolute Gasteiger partial charge is 0.275 e. The number of hydrogen-bond donors (Lipinski definition) is 2. The van der Waals surface area contributed by atoms with Crippen LogP contribution in [0.15, 0.2) is 48.9 Å². The molecule has 0 aliphatic carbocycles. The molecule has 8 nitrogen and oxygen atoms in total. The summed E-state index contributed by atoms with van der Waals surface area (Å²) >= 11 is 0. The standard InChI is InChI=1S/C18H19N7O/c1-12-9-20-16(11-19-12)18(26)23-14-6-4-13(5-7-14)22-17-8-15(25(2)3)10-21-24-17/h4-11H,1-3H3,(H,22,24)(H,23,26). The number of aryl methyl sites for hydroxylation is 1. The zero-order valence-corrected chi connectivity index (χ0v) is 14.8. The van der Waals surface area contributed by atoms with E-state index in [2.05, 4.69) is 30.8 Å². The van der Waals surface area contributed by atoms with Crippen molar-refractivity contribution in [2.45, 2.75) is 6.92 Å². The van der Waals surface area contributed by atoms with Gasteiger partial charge in [-0.25, -0.2) is 4.98 Å². The van der Waals surface area contributed by atoms with Gasteiger partial charge in [0.2, 0.25) is 0 Å². The van der Waals surface area contributed by atoms with Crippen molar-refractivity contribution in [3.63, 3.8) is 0 Å². The second-order valence-corrected chi connectivity index (χ2v) is 5.89. The van der Waals surface area contributed by atoms with Crippen LogP contribution in [0.4, 0.5) is 22.9 Å². The van der Waals surface area contributed by atoms with Crippen molar-refractivity contribution in [2.75, 3.05) is 29.6 Å². The van der Waals surface area contributed by atoms with Crippen LogP contribution in [0, 0.1) is 6.92 Å². The highest BCUT2D eigenvalue weighted by atomic mass is 16.1. The lowest BCUT2D eigenvalue weighted by molar-refractivity contribution is 0.102. The number of aromatic nitrogens is 4. The molecule has 1 aromatic carbocycles. The van der Waals surface area contributed by atoms with E-state index in [1.165, 1.54) is 6.20 Å². The summed E-state index contributed by atoms with van der Waals surface area (Å²) in [6.07, 6.45) is 4.71. The van der Waals surface area contributed by atoms with E-state index in [4.69, 9.17) is 0 Å². The molecule has 3 rings (SSSR count). The average Bonchev–Trinajstić information content (AvgIpc) is 2.64. The molecule has 2 heterocycles. The highest BCUT2D eigenvalue weighted by molar-refractivity contribution is 6.02. The van der Waals surface area contributed by atoms with Gasteiger partial charge in [-0.1, -0.05) is 0 Å². The number of amides is 1. The third-order valence-electron chi connectivity index (χ3n) is 3.59. The Morgan fingerprint density at radius 3 is 2.38 bits per heavy atom. The summed E-state index contributed by atoms with van der Waals surface area (Å²) < 4.78 is 0. The lowest BCUT2D eigenvalue weighted by Crippen LogP contribution is -2.14. The van der Waals surface area contributed by atoms with E-state index >= 15 is 0 Å². The van der Waals surface area contributed by atoms with Gasteiger partial charge < -0.3 is 15.5 Å². The first-order valence-electron chi connectivity index (χ1n) is 7.98. The number of hydrogen-bond acceptors (Lipinski definition) is 7. The number of anilines is 4. The van der Waals surface area contributed by atoms with E-state index in [9.17, 15) is 4.79 Å². The molecule has 0 saturated heterocycles. The predicted molar refractivity (Wildman–Crippen MR) is 101 cm³/mol. The Morgan fingerprint density at radius 2 is 1.73 bits per heavy atom. The van der Waals surface area contributed by atoms with Gasteiger partial charge in [0.05, 0.1) is 23.8 Å². The van der Waals surface area contributed by atoms with E-state index in [0.717, 1.165) is 17.1 Å². The monoisotopic (exact) mass is 349 g/mol. The van der Waals surface area contributed by atoms with Crippen molar-refractivity contribution in [2.24, 2.45) is 0 Å². The number of carbonyl (C=O) groups is 1. The maximum atomic E-state index is 12.2. The summed E-state index contributed by atoms with van der Waals surface area (Å²) in [5.74, 6) is 0.339. The first kappa shape index (κ1) is 17.3. The molecule has 0 spiro atoms. The van der Waals surface area contributed by atoms with Crippen LogP contribution in [0.2, 0.25) is 0 Å². The summed E-state index contributed by atoms with van der Waals surface area (Å²) in [6, 6.07) is 9.19. The van der Waals surface area contributed by atoms with Crippen LogP contribution < -0.4 is 15.5 Å². The van der Waals surface area contributed by atoms with Gasteiger partial charge in [-0.3, -0.25) is 9.78 Å². The summed E-state index contributed by atoms with van der Waals surface area (Å²) in [5.41, 5.74) is 3.48. The van der Waals surface area contributed by atoms with Crippen molar-refractivity contribution >= 4 is 28.8 Å². The molecule has 2 aromatic heterocycles. The fraction of sp³-hybridized carbons (Fsp3) is 0.167. The van der Waals surface area contributed by atoms with Gasteiger partial charge in [0.25, 0.3) is 5.91 Å². The summed E-state index contributed by atoms with van der Waals surface area (Å²) in [5, 5.41) is 14.0.